The quantitative estimate of drug-likeness (QED) is 0.566. The molecule has 0 bridgehead atoms. The van der Waals surface area contributed by atoms with E-state index in [2.05, 4.69) is 5.32 Å². The van der Waals surface area contributed by atoms with Crippen LogP contribution in [0, 0.1) is 0 Å². The first kappa shape index (κ1) is 22.5. The van der Waals surface area contributed by atoms with E-state index in [1.165, 1.54) is 30.3 Å². The maximum absolute atomic E-state index is 13.2. The molecule has 0 heterocycles. The highest BCUT2D eigenvalue weighted by Crippen LogP contribution is 2.32. The number of hydrogen-bond donors (Lipinski definition) is 1. The Hall–Kier alpha value is -1.80. The van der Waals surface area contributed by atoms with Gasteiger partial charge in [-0.1, -0.05) is 41.4 Å². The van der Waals surface area contributed by atoms with Gasteiger partial charge in [0.05, 0.1) is 15.6 Å². The monoisotopic (exact) mass is 444 g/mol. The summed E-state index contributed by atoms with van der Waals surface area (Å²) in [4.78, 5) is 12.4. The van der Waals surface area contributed by atoms with E-state index in [9.17, 15) is 13.2 Å². The van der Waals surface area contributed by atoms with Crippen molar-refractivity contribution in [2.45, 2.75) is 18.2 Å². The fraction of sp³-hybridized carbons (Fsp3) is 0.316. The van der Waals surface area contributed by atoms with Crippen LogP contribution in [0.3, 0.4) is 0 Å². The van der Waals surface area contributed by atoms with Crippen LogP contribution in [0.25, 0.3) is 0 Å². The van der Waals surface area contributed by atoms with Crippen LogP contribution in [0.15, 0.2) is 53.4 Å². The Bertz CT molecular complexity index is 892. The van der Waals surface area contributed by atoms with Crippen molar-refractivity contribution in [3.05, 3.63) is 58.6 Å². The van der Waals surface area contributed by atoms with Gasteiger partial charge in [-0.15, -0.1) is 0 Å². The second-order valence-corrected chi connectivity index (χ2v) is 8.53. The molecule has 0 atom stereocenters. The number of benzene rings is 2. The number of carbonyl (C=O) groups excluding carboxylic acids is 1. The molecule has 6 nitrogen and oxygen atoms in total. The highest BCUT2D eigenvalue weighted by Gasteiger charge is 2.28. The van der Waals surface area contributed by atoms with Crippen molar-refractivity contribution in [1.82, 2.24) is 5.32 Å². The Labute approximate surface area is 175 Å². The third-order valence-electron chi connectivity index (χ3n) is 3.79. The van der Waals surface area contributed by atoms with Crippen LogP contribution in [0.2, 0.25) is 10.0 Å². The van der Waals surface area contributed by atoms with Crippen LogP contribution in [0.4, 0.5) is 5.69 Å². The first-order chi connectivity index (χ1) is 13.4. The molecular weight excluding hydrogens is 423 g/mol. The standard InChI is InChI=1S/C19H22Cl2N2O4S/c1-2-27-12-6-11-22-19(24)14-23(18-10-9-15(20)13-17(18)21)28(25,26)16-7-4-3-5-8-16/h3-5,7-10,13H,2,6,11-12,14H2,1H3,(H,22,24). The zero-order chi connectivity index (χ0) is 20.6. The van der Waals surface area contributed by atoms with E-state index in [1.807, 2.05) is 6.92 Å². The van der Waals surface area contributed by atoms with Gasteiger partial charge in [-0.25, -0.2) is 8.42 Å². The van der Waals surface area contributed by atoms with Crippen molar-refractivity contribution in [3.8, 4) is 0 Å². The summed E-state index contributed by atoms with van der Waals surface area (Å²) in [7, 11) is -4.00. The topological polar surface area (TPSA) is 75.7 Å². The molecule has 1 N–H and O–H groups in total. The molecule has 0 radical (unpaired) electrons. The number of carbonyl (C=O) groups is 1. The third-order valence-corrected chi connectivity index (χ3v) is 6.10. The van der Waals surface area contributed by atoms with Gasteiger partial charge in [-0.05, 0) is 43.7 Å². The van der Waals surface area contributed by atoms with Gasteiger partial charge < -0.3 is 10.1 Å². The van der Waals surface area contributed by atoms with E-state index in [1.54, 1.807) is 18.2 Å². The fourth-order valence-electron chi connectivity index (χ4n) is 2.44. The van der Waals surface area contributed by atoms with Crippen LogP contribution in [0.5, 0.6) is 0 Å². The molecule has 0 aliphatic heterocycles. The Kier molecular flexibility index (Phi) is 8.57. The number of nitrogens with zero attached hydrogens (tertiary/aromatic N) is 1. The van der Waals surface area contributed by atoms with E-state index in [4.69, 9.17) is 27.9 Å². The minimum absolute atomic E-state index is 0.0603. The van der Waals surface area contributed by atoms with E-state index in [-0.39, 0.29) is 15.6 Å². The van der Waals surface area contributed by atoms with Crippen LogP contribution in [0.1, 0.15) is 13.3 Å². The van der Waals surface area contributed by atoms with Crippen LogP contribution in [-0.4, -0.2) is 40.6 Å². The molecule has 1 amide bonds. The molecule has 0 saturated heterocycles. The highest BCUT2D eigenvalue weighted by molar-refractivity contribution is 7.92. The van der Waals surface area contributed by atoms with Crippen LogP contribution < -0.4 is 9.62 Å². The lowest BCUT2D eigenvalue weighted by Crippen LogP contribution is -2.41. The number of ether oxygens (including phenoxy) is 1. The fourth-order valence-corrected chi connectivity index (χ4v) is 4.46. The molecule has 0 spiro atoms. The number of nitrogens with one attached hydrogen (secondary N) is 1. The highest BCUT2D eigenvalue weighted by atomic mass is 35.5. The van der Waals surface area contributed by atoms with Crippen LogP contribution in [-0.2, 0) is 19.6 Å². The van der Waals surface area contributed by atoms with E-state index >= 15 is 0 Å². The molecule has 2 rings (SSSR count). The van der Waals surface area contributed by atoms with Crippen molar-refractivity contribution < 1.29 is 17.9 Å². The normalized spacial score (nSPS) is 11.2. The third kappa shape index (κ3) is 6.10. The van der Waals surface area contributed by atoms with Gasteiger partial charge in [0.25, 0.3) is 10.0 Å². The van der Waals surface area contributed by atoms with Crippen LogP contribution >= 0.6 is 23.2 Å². The largest absolute Gasteiger partial charge is 0.382 e. The maximum Gasteiger partial charge on any atom is 0.264 e. The van der Waals surface area contributed by atoms with Gasteiger partial charge in [0.2, 0.25) is 5.91 Å². The molecule has 152 valence electrons. The lowest BCUT2D eigenvalue weighted by atomic mass is 10.3. The van der Waals surface area contributed by atoms with Gasteiger partial charge in [0.1, 0.15) is 6.54 Å². The molecule has 9 heteroatoms. The van der Waals surface area contributed by atoms with E-state index in [0.29, 0.717) is 31.2 Å². The molecule has 0 fully saturated rings. The Morgan fingerprint density at radius 2 is 1.86 bits per heavy atom. The second-order valence-electron chi connectivity index (χ2n) is 5.82. The molecule has 0 aliphatic carbocycles. The Balaban J connectivity index is 2.26. The summed E-state index contributed by atoms with van der Waals surface area (Å²) < 4.78 is 32.5. The van der Waals surface area contributed by atoms with Crippen molar-refractivity contribution in [1.29, 1.82) is 0 Å². The number of sulfonamides is 1. The zero-order valence-electron chi connectivity index (χ0n) is 15.4. The summed E-state index contributed by atoms with van der Waals surface area (Å²) in [5.41, 5.74) is 0.180. The van der Waals surface area contributed by atoms with E-state index < -0.39 is 22.5 Å². The molecule has 2 aromatic rings. The zero-order valence-corrected chi connectivity index (χ0v) is 17.7. The number of halogens is 2. The summed E-state index contributed by atoms with van der Waals surface area (Å²) in [5.74, 6) is -0.443. The van der Waals surface area contributed by atoms with Gasteiger partial charge in [-0.2, -0.15) is 0 Å². The van der Waals surface area contributed by atoms with Gasteiger partial charge >= 0.3 is 0 Å². The molecule has 2 aromatic carbocycles. The smallest absolute Gasteiger partial charge is 0.264 e. The summed E-state index contributed by atoms with van der Waals surface area (Å²) in [6.45, 7) is 2.98. The molecule has 0 saturated carbocycles. The minimum atomic E-state index is -4.00. The number of rotatable bonds is 10. The average Bonchev–Trinajstić information content (AvgIpc) is 2.67. The minimum Gasteiger partial charge on any atom is -0.382 e. The average molecular weight is 445 g/mol. The summed E-state index contributed by atoms with van der Waals surface area (Å²) in [5, 5.41) is 3.20. The number of hydrogen-bond acceptors (Lipinski definition) is 4. The van der Waals surface area contributed by atoms with Crippen molar-refractivity contribution in [2.75, 3.05) is 30.6 Å². The van der Waals surface area contributed by atoms with Gasteiger partial charge in [0, 0.05) is 24.8 Å². The molecule has 0 aliphatic rings. The second kappa shape index (κ2) is 10.7. The molecule has 28 heavy (non-hydrogen) atoms. The lowest BCUT2D eigenvalue weighted by Gasteiger charge is -2.25. The molecule has 0 aromatic heterocycles. The number of amides is 1. The SMILES string of the molecule is CCOCCCNC(=O)CN(c1ccc(Cl)cc1Cl)S(=O)(=O)c1ccccc1. The van der Waals surface area contributed by atoms with Crippen molar-refractivity contribution in [2.24, 2.45) is 0 Å². The van der Waals surface area contributed by atoms with Gasteiger partial charge in [0.15, 0.2) is 0 Å². The summed E-state index contributed by atoms with van der Waals surface area (Å²) >= 11 is 12.1. The van der Waals surface area contributed by atoms with E-state index in [0.717, 1.165) is 4.31 Å². The first-order valence-corrected chi connectivity index (χ1v) is 10.9. The lowest BCUT2D eigenvalue weighted by molar-refractivity contribution is -0.119. The predicted octanol–water partition coefficient (Wildman–Crippen LogP) is 3.73. The molecule has 0 unspecified atom stereocenters. The molecular formula is C19H22Cl2N2O4S. The summed E-state index contributed by atoms with van der Waals surface area (Å²) in [6, 6.07) is 12.3. The number of anilines is 1. The Morgan fingerprint density at radius 1 is 1.14 bits per heavy atom. The Morgan fingerprint density at radius 3 is 2.50 bits per heavy atom. The first-order valence-electron chi connectivity index (χ1n) is 8.73. The summed E-state index contributed by atoms with van der Waals surface area (Å²) in [6.07, 6.45) is 0.632. The predicted molar refractivity (Wildman–Crippen MR) is 112 cm³/mol. The maximum atomic E-state index is 13.2. The van der Waals surface area contributed by atoms with Gasteiger partial charge in [-0.3, -0.25) is 9.10 Å². The van der Waals surface area contributed by atoms with Crippen molar-refractivity contribution in [3.63, 3.8) is 0 Å². The van der Waals surface area contributed by atoms with Crippen molar-refractivity contribution >= 4 is 44.8 Å².